The van der Waals surface area contributed by atoms with Crippen molar-refractivity contribution in [2.45, 2.75) is 13.1 Å². The lowest BCUT2D eigenvalue weighted by Gasteiger charge is -2.34. The van der Waals surface area contributed by atoms with Gasteiger partial charge in [0.05, 0.1) is 13.1 Å². The molecule has 2 N–H and O–H groups in total. The molecule has 0 bridgehead atoms. The highest BCUT2D eigenvalue weighted by Gasteiger charge is 2.23. The van der Waals surface area contributed by atoms with Gasteiger partial charge in [-0.15, -0.1) is 12.4 Å². The Kier molecular flexibility index (Phi) is 6.40. The van der Waals surface area contributed by atoms with E-state index in [1.165, 1.54) is 6.07 Å². The van der Waals surface area contributed by atoms with E-state index in [9.17, 15) is 13.6 Å². The zero-order chi connectivity index (χ0) is 17.1. The number of aromatic nitrogens is 2. The normalized spacial score (nSPS) is 15.1. The van der Waals surface area contributed by atoms with Crippen LogP contribution in [0, 0.1) is 11.6 Å². The van der Waals surface area contributed by atoms with E-state index < -0.39 is 11.6 Å². The molecule has 0 aliphatic carbocycles. The van der Waals surface area contributed by atoms with Crippen LogP contribution in [0.15, 0.2) is 22.7 Å². The van der Waals surface area contributed by atoms with E-state index >= 15 is 0 Å². The second kappa shape index (κ2) is 8.32. The fourth-order valence-corrected chi connectivity index (χ4v) is 2.56. The van der Waals surface area contributed by atoms with Crippen molar-refractivity contribution in [3.63, 3.8) is 0 Å². The number of nitrogens with two attached hydrogens (primary N) is 1. The first-order valence-electron chi connectivity index (χ1n) is 7.55. The van der Waals surface area contributed by atoms with Crippen molar-refractivity contribution in [2.24, 2.45) is 5.73 Å². The van der Waals surface area contributed by atoms with Gasteiger partial charge in [0.25, 0.3) is 5.91 Å². The summed E-state index contributed by atoms with van der Waals surface area (Å²) in [6.07, 6.45) is 0. The molecular weight excluding hydrogens is 356 g/mol. The molecule has 1 aromatic carbocycles. The van der Waals surface area contributed by atoms with Gasteiger partial charge in [-0.05, 0) is 18.2 Å². The Hall–Kier alpha value is -2.10. The molecule has 136 valence electrons. The smallest absolute Gasteiger partial charge is 0.254 e. The van der Waals surface area contributed by atoms with Crippen molar-refractivity contribution in [3.05, 3.63) is 47.1 Å². The Balaban J connectivity index is 0.00000225. The Morgan fingerprint density at radius 3 is 2.52 bits per heavy atom. The maximum atomic E-state index is 13.3. The number of piperazine rings is 1. The van der Waals surface area contributed by atoms with Gasteiger partial charge >= 0.3 is 0 Å². The summed E-state index contributed by atoms with van der Waals surface area (Å²) in [4.78, 5) is 20.2. The second-order valence-electron chi connectivity index (χ2n) is 5.51. The third-order valence-corrected chi connectivity index (χ3v) is 3.88. The minimum atomic E-state index is -1.02. The molecule has 2 aromatic rings. The number of carbonyl (C=O) groups is 1. The largest absolute Gasteiger partial charge is 0.338 e. The van der Waals surface area contributed by atoms with Crippen LogP contribution in [0.4, 0.5) is 8.78 Å². The summed E-state index contributed by atoms with van der Waals surface area (Å²) in [6, 6.07) is 3.18. The minimum absolute atomic E-state index is 0. The van der Waals surface area contributed by atoms with Gasteiger partial charge in [-0.2, -0.15) is 4.98 Å². The third kappa shape index (κ3) is 4.50. The average Bonchev–Trinajstić information content (AvgIpc) is 3.05. The molecule has 1 aliphatic heterocycles. The van der Waals surface area contributed by atoms with Crippen LogP contribution in [-0.2, 0) is 13.1 Å². The number of hydrogen-bond donors (Lipinski definition) is 1. The summed E-state index contributed by atoms with van der Waals surface area (Å²) in [7, 11) is 0. The van der Waals surface area contributed by atoms with E-state index in [0.29, 0.717) is 44.4 Å². The number of nitrogens with zero attached hydrogens (tertiary/aromatic N) is 4. The number of rotatable bonds is 4. The predicted octanol–water partition coefficient (Wildman–Crippen LogP) is 1.19. The molecule has 1 fully saturated rings. The molecule has 0 unspecified atom stereocenters. The van der Waals surface area contributed by atoms with Crippen LogP contribution in [-0.4, -0.2) is 52.0 Å². The zero-order valence-corrected chi connectivity index (χ0v) is 14.1. The van der Waals surface area contributed by atoms with Gasteiger partial charge < -0.3 is 15.2 Å². The van der Waals surface area contributed by atoms with E-state index in [1.54, 1.807) is 4.90 Å². The fourth-order valence-electron chi connectivity index (χ4n) is 2.56. The molecule has 1 aliphatic rings. The molecule has 3 rings (SSSR count). The Morgan fingerprint density at radius 2 is 1.92 bits per heavy atom. The molecule has 7 nitrogen and oxygen atoms in total. The monoisotopic (exact) mass is 373 g/mol. The Labute approximate surface area is 149 Å². The summed E-state index contributed by atoms with van der Waals surface area (Å²) in [6.45, 7) is 2.93. The van der Waals surface area contributed by atoms with E-state index in [4.69, 9.17) is 10.3 Å². The first-order valence-corrected chi connectivity index (χ1v) is 7.55. The summed E-state index contributed by atoms with van der Waals surface area (Å²) in [5.74, 6) is -1.35. The summed E-state index contributed by atoms with van der Waals surface area (Å²) < 4.78 is 31.2. The molecule has 0 atom stereocenters. The van der Waals surface area contributed by atoms with Gasteiger partial charge in [0.1, 0.15) is 0 Å². The zero-order valence-electron chi connectivity index (χ0n) is 13.3. The first-order chi connectivity index (χ1) is 11.6. The van der Waals surface area contributed by atoms with Crippen molar-refractivity contribution < 1.29 is 18.1 Å². The van der Waals surface area contributed by atoms with Crippen LogP contribution in [0.2, 0.25) is 0 Å². The molecule has 10 heteroatoms. The van der Waals surface area contributed by atoms with Crippen LogP contribution < -0.4 is 5.73 Å². The maximum absolute atomic E-state index is 13.3. The molecular formula is C15H18ClF2N5O2. The van der Waals surface area contributed by atoms with Crippen molar-refractivity contribution in [1.29, 1.82) is 0 Å². The highest BCUT2D eigenvalue weighted by Crippen LogP contribution is 2.13. The number of halogens is 3. The summed E-state index contributed by atoms with van der Waals surface area (Å²) in [5, 5.41) is 3.84. The Bertz CT molecular complexity index is 734. The lowest BCUT2D eigenvalue weighted by atomic mass is 10.1. The van der Waals surface area contributed by atoms with Gasteiger partial charge in [-0.3, -0.25) is 9.69 Å². The second-order valence-corrected chi connectivity index (χ2v) is 5.51. The van der Waals surface area contributed by atoms with Crippen LogP contribution in [0.3, 0.4) is 0 Å². The molecule has 0 spiro atoms. The lowest BCUT2D eigenvalue weighted by molar-refractivity contribution is 0.0624. The van der Waals surface area contributed by atoms with E-state index in [2.05, 4.69) is 15.0 Å². The Morgan fingerprint density at radius 1 is 1.20 bits per heavy atom. The molecule has 1 aromatic heterocycles. The van der Waals surface area contributed by atoms with E-state index in [0.717, 1.165) is 12.1 Å². The SMILES string of the molecule is Cl.NCc1nc(CN2CCN(C(=O)c3ccc(F)c(F)c3)CC2)no1. The van der Waals surface area contributed by atoms with Crippen LogP contribution >= 0.6 is 12.4 Å². The highest BCUT2D eigenvalue weighted by atomic mass is 35.5. The standard InChI is InChI=1S/C15H17F2N5O2.ClH/c16-11-2-1-10(7-12(11)17)15(23)22-5-3-21(4-6-22)9-13-19-14(8-18)24-20-13;/h1-2,7H,3-6,8-9,18H2;1H. The molecule has 25 heavy (non-hydrogen) atoms. The predicted molar refractivity (Wildman–Crippen MR) is 87.0 cm³/mol. The van der Waals surface area contributed by atoms with E-state index in [1.807, 2.05) is 0 Å². The third-order valence-electron chi connectivity index (χ3n) is 3.88. The molecule has 0 radical (unpaired) electrons. The van der Waals surface area contributed by atoms with Gasteiger partial charge in [-0.1, -0.05) is 5.16 Å². The number of hydrogen-bond acceptors (Lipinski definition) is 6. The van der Waals surface area contributed by atoms with Gasteiger partial charge in [0.2, 0.25) is 5.89 Å². The highest BCUT2D eigenvalue weighted by molar-refractivity contribution is 5.94. The average molecular weight is 374 g/mol. The summed E-state index contributed by atoms with van der Waals surface area (Å²) >= 11 is 0. The minimum Gasteiger partial charge on any atom is -0.338 e. The topological polar surface area (TPSA) is 88.5 Å². The molecule has 1 amide bonds. The molecule has 2 heterocycles. The van der Waals surface area contributed by atoms with E-state index in [-0.39, 0.29) is 30.4 Å². The van der Waals surface area contributed by atoms with Crippen molar-refractivity contribution in [2.75, 3.05) is 26.2 Å². The van der Waals surface area contributed by atoms with Gasteiger partial charge in [0.15, 0.2) is 17.5 Å². The van der Waals surface area contributed by atoms with Gasteiger partial charge in [0, 0.05) is 31.7 Å². The lowest BCUT2D eigenvalue weighted by Crippen LogP contribution is -2.48. The molecule has 1 saturated heterocycles. The molecule has 0 saturated carbocycles. The fraction of sp³-hybridized carbons (Fsp3) is 0.400. The van der Waals surface area contributed by atoms with Crippen LogP contribution in [0.1, 0.15) is 22.1 Å². The van der Waals surface area contributed by atoms with Crippen LogP contribution in [0.5, 0.6) is 0 Å². The first kappa shape index (κ1) is 19.2. The van der Waals surface area contributed by atoms with Crippen molar-refractivity contribution in [3.8, 4) is 0 Å². The van der Waals surface area contributed by atoms with Gasteiger partial charge in [-0.25, -0.2) is 8.78 Å². The number of amides is 1. The number of benzene rings is 1. The number of carbonyl (C=O) groups excluding carboxylic acids is 1. The van der Waals surface area contributed by atoms with Crippen molar-refractivity contribution >= 4 is 18.3 Å². The maximum Gasteiger partial charge on any atom is 0.254 e. The quantitative estimate of drug-likeness (QED) is 0.866. The van der Waals surface area contributed by atoms with Crippen molar-refractivity contribution in [1.82, 2.24) is 19.9 Å². The summed E-state index contributed by atoms with van der Waals surface area (Å²) in [5.41, 5.74) is 5.57. The van der Waals surface area contributed by atoms with Crippen LogP contribution in [0.25, 0.3) is 0 Å².